The van der Waals surface area contributed by atoms with E-state index in [1.165, 1.54) is 29.8 Å². The molecule has 1 fully saturated rings. The summed E-state index contributed by atoms with van der Waals surface area (Å²) in [6, 6.07) is 15.7. The lowest BCUT2D eigenvalue weighted by molar-refractivity contribution is -0.0328. The lowest BCUT2D eigenvalue weighted by Crippen LogP contribution is -2.36. The number of carbonyl (C=O) groups excluding carboxylic acids is 1. The van der Waals surface area contributed by atoms with Gasteiger partial charge in [0, 0.05) is 36.1 Å². The maximum atomic E-state index is 12.3. The molecule has 0 saturated carbocycles. The highest BCUT2D eigenvalue weighted by molar-refractivity contribution is 8.00. The van der Waals surface area contributed by atoms with E-state index in [-0.39, 0.29) is 28.6 Å². The van der Waals surface area contributed by atoms with Gasteiger partial charge in [0.25, 0.3) is 5.91 Å². The Kier molecular flexibility index (Phi) is 5.88. The third-order valence-electron chi connectivity index (χ3n) is 4.21. The molecule has 7 heteroatoms. The van der Waals surface area contributed by atoms with Crippen LogP contribution in [0.5, 0.6) is 0 Å². The van der Waals surface area contributed by atoms with Gasteiger partial charge in [-0.2, -0.15) is 13.2 Å². The molecular weight excluding hydrogens is 361 g/mol. The Labute approximate surface area is 154 Å². The monoisotopic (exact) mass is 380 g/mol. The number of amides is 1. The van der Waals surface area contributed by atoms with Crippen LogP contribution >= 0.6 is 11.8 Å². The van der Waals surface area contributed by atoms with Crippen LogP contribution in [0, 0.1) is 0 Å². The maximum absolute atomic E-state index is 12.3. The average Bonchev–Trinajstić information content (AvgIpc) is 3.02. The molecular formula is C19H19F3N2OS. The summed E-state index contributed by atoms with van der Waals surface area (Å²) in [7, 11) is 0. The fourth-order valence-corrected chi connectivity index (χ4v) is 3.55. The van der Waals surface area contributed by atoms with Crippen molar-refractivity contribution in [3.05, 3.63) is 65.7 Å². The highest BCUT2D eigenvalue weighted by Gasteiger charge is 2.29. The summed E-state index contributed by atoms with van der Waals surface area (Å²) in [5.74, 6) is -0.250. The highest BCUT2D eigenvalue weighted by Crippen LogP contribution is 2.36. The van der Waals surface area contributed by atoms with E-state index in [2.05, 4.69) is 22.3 Å². The molecule has 0 spiro atoms. The second-order valence-electron chi connectivity index (χ2n) is 6.25. The number of hydrogen-bond donors (Lipinski definition) is 1. The summed E-state index contributed by atoms with van der Waals surface area (Å²) in [6.07, 6.45) is 0.862. The summed E-state index contributed by atoms with van der Waals surface area (Å²) in [5.41, 5.74) is -2.72. The standard InChI is InChI=1S/C19H19F3N2OS/c20-19(21,22)26-17-8-6-15(7-9-17)18(25)23-16-10-11-24(13-16)12-14-4-2-1-3-5-14/h1-9,16H,10-13H2,(H,23,25). The molecule has 0 radical (unpaired) electrons. The number of nitrogens with zero attached hydrogens (tertiary/aromatic N) is 1. The van der Waals surface area contributed by atoms with Crippen molar-refractivity contribution in [2.75, 3.05) is 13.1 Å². The molecule has 1 N–H and O–H groups in total. The molecule has 2 aromatic carbocycles. The first-order valence-electron chi connectivity index (χ1n) is 8.32. The van der Waals surface area contributed by atoms with Crippen LogP contribution < -0.4 is 5.32 Å². The van der Waals surface area contributed by atoms with Crippen molar-refractivity contribution in [3.8, 4) is 0 Å². The smallest absolute Gasteiger partial charge is 0.348 e. The lowest BCUT2D eigenvalue weighted by atomic mass is 10.2. The molecule has 1 aliphatic rings. The lowest BCUT2D eigenvalue weighted by Gasteiger charge is -2.17. The summed E-state index contributed by atoms with van der Waals surface area (Å²) in [5, 5.41) is 2.97. The number of alkyl halides is 3. The summed E-state index contributed by atoms with van der Waals surface area (Å²) in [4.78, 5) is 14.7. The van der Waals surface area contributed by atoms with Gasteiger partial charge in [-0.15, -0.1) is 0 Å². The Hall–Kier alpha value is -1.99. The van der Waals surface area contributed by atoms with Crippen LogP contribution in [-0.4, -0.2) is 35.4 Å². The van der Waals surface area contributed by atoms with Crippen LogP contribution in [0.4, 0.5) is 13.2 Å². The molecule has 3 nitrogen and oxygen atoms in total. The Morgan fingerprint density at radius 3 is 2.46 bits per heavy atom. The van der Waals surface area contributed by atoms with E-state index in [1.807, 2.05) is 18.2 Å². The molecule has 3 rings (SSSR count). The zero-order valence-electron chi connectivity index (χ0n) is 14.0. The molecule has 138 valence electrons. The zero-order valence-corrected chi connectivity index (χ0v) is 14.8. The molecule has 1 aliphatic heterocycles. The van der Waals surface area contributed by atoms with Crippen LogP contribution in [-0.2, 0) is 6.54 Å². The molecule has 2 aromatic rings. The molecule has 0 aromatic heterocycles. The van der Waals surface area contributed by atoms with Gasteiger partial charge in [-0.05, 0) is 48.0 Å². The Bertz CT molecular complexity index is 735. The van der Waals surface area contributed by atoms with Gasteiger partial charge in [0.1, 0.15) is 0 Å². The van der Waals surface area contributed by atoms with Crippen molar-refractivity contribution in [2.24, 2.45) is 0 Å². The second kappa shape index (κ2) is 8.14. The molecule has 1 saturated heterocycles. The predicted molar refractivity (Wildman–Crippen MR) is 95.9 cm³/mol. The number of likely N-dealkylation sites (tertiary alicyclic amines) is 1. The fraction of sp³-hybridized carbons (Fsp3) is 0.316. The molecule has 1 atom stereocenters. The zero-order chi connectivity index (χ0) is 18.6. The topological polar surface area (TPSA) is 32.3 Å². The number of rotatable bonds is 5. The number of hydrogen-bond acceptors (Lipinski definition) is 3. The molecule has 0 bridgehead atoms. The van der Waals surface area contributed by atoms with Crippen LogP contribution in [0.1, 0.15) is 22.3 Å². The van der Waals surface area contributed by atoms with E-state index >= 15 is 0 Å². The minimum Gasteiger partial charge on any atom is -0.348 e. The van der Waals surface area contributed by atoms with Crippen LogP contribution in [0.3, 0.4) is 0 Å². The van der Waals surface area contributed by atoms with Gasteiger partial charge in [0.15, 0.2) is 0 Å². The fourth-order valence-electron chi connectivity index (χ4n) is 3.01. The quantitative estimate of drug-likeness (QED) is 0.785. The van der Waals surface area contributed by atoms with Crippen LogP contribution in [0.15, 0.2) is 59.5 Å². The first kappa shape index (κ1) is 18.8. The van der Waals surface area contributed by atoms with Crippen molar-refractivity contribution < 1.29 is 18.0 Å². The summed E-state index contributed by atoms with van der Waals surface area (Å²) >= 11 is -0.183. The van der Waals surface area contributed by atoms with Crippen molar-refractivity contribution in [3.63, 3.8) is 0 Å². The number of benzene rings is 2. The summed E-state index contributed by atoms with van der Waals surface area (Å²) < 4.78 is 37.0. The molecule has 1 unspecified atom stereocenters. The Morgan fingerprint density at radius 1 is 1.12 bits per heavy atom. The van der Waals surface area contributed by atoms with Crippen molar-refractivity contribution in [1.82, 2.24) is 10.2 Å². The van der Waals surface area contributed by atoms with Crippen molar-refractivity contribution in [1.29, 1.82) is 0 Å². The molecule has 26 heavy (non-hydrogen) atoms. The van der Waals surface area contributed by atoms with Gasteiger partial charge in [-0.3, -0.25) is 9.69 Å². The number of halogens is 3. The number of nitrogens with one attached hydrogen (secondary N) is 1. The minimum atomic E-state index is -4.32. The normalized spacial score (nSPS) is 18.0. The first-order chi connectivity index (χ1) is 12.4. The molecule has 1 amide bonds. The Morgan fingerprint density at radius 2 is 1.81 bits per heavy atom. The van der Waals surface area contributed by atoms with Gasteiger partial charge in [-0.1, -0.05) is 30.3 Å². The third kappa shape index (κ3) is 5.51. The van der Waals surface area contributed by atoms with E-state index in [4.69, 9.17) is 0 Å². The Balaban J connectivity index is 1.50. The van der Waals surface area contributed by atoms with E-state index in [0.29, 0.717) is 5.56 Å². The SMILES string of the molecule is O=C(NC1CCN(Cc2ccccc2)C1)c1ccc(SC(F)(F)F)cc1. The van der Waals surface area contributed by atoms with E-state index in [0.717, 1.165) is 26.1 Å². The van der Waals surface area contributed by atoms with Gasteiger partial charge in [0.2, 0.25) is 0 Å². The van der Waals surface area contributed by atoms with E-state index < -0.39 is 5.51 Å². The largest absolute Gasteiger partial charge is 0.446 e. The average molecular weight is 380 g/mol. The van der Waals surface area contributed by atoms with Gasteiger partial charge in [0.05, 0.1) is 0 Å². The predicted octanol–water partition coefficient (Wildman–Crippen LogP) is 4.30. The minimum absolute atomic E-state index is 0.0513. The van der Waals surface area contributed by atoms with E-state index in [9.17, 15) is 18.0 Å². The van der Waals surface area contributed by atoms with Gasteiger partial charge in [-0.25, -0.2) is 0 Å². The third-order valence-corrected chi connectivity index (χ3v) is 4.95. The van der Waals surface area contributed by atoms with Crippen LogP contribution in [0.25, 0.3) is 0 Å². The van der Waals surface area contributed by atoms with Gasteiger partial charge < -0.3 is 5.32 Å². The van der Waals surface area contributed by atoms with E-state index in [1.54, 1.807) is 0 Å². The number of thioether (sulfide) groups is 1. The number of carbonyl (C=O) groups is 1. The van der Waals surface area contributed by atoms with Crippen molar-refractivity contribution >= 4 is 17.7 Å². The summed E-state index contributed by atoms with van der Waals surface area (Å²) in [6.45, 7) is 2.51. The molecule has 1 heterocycles. The maximum Gasteiger partial charge on any atom is 0.446 e. The van der Waals surface area contributed by atoms with Crippen LogP contribution in [0.2, 0.25) is 0 Å². The van der Waals surface area contributed by atoms with Gasteiger partial charge >= 0.3 is 5.51 Å². The van der Waals surface area contributed by atoms with Crippen molar-refractivity contribution in [2.45, 2.75) is 29.4 Å². The second-order valence-corrected chi connectivity index (χ2v) is 7.39. The first-order valence-corrected chi connectivity index (χ1v) is 9.14. The highest BCUT2D eigenvalue weighted by atomic mass is 32.2. The molecule has 0 aliphatic carbocycles.